The van der Waals surface area contributed by atoms with Crippen LogP contribution in [0, 0.1) is 5.92 Å². The van der Waals surface area contributed by atoms with E-state index in [0.717, 1.165) is 55.4 Å². The Morgan fingerprint density at radius 3 is 1.76 bits per heavy atom. The van der Waals surface area contributed by atoms with Gasteiger partial charge in [-0.3, -0.25) is 24.1 Å². The molecule has 1 heterocycles. The molecule has 302 valence electrons. The molecule has 2 unspecified atom stereocenters. The number of rotatable bonds is 11. The van der Waals surface area contributed by atoms with Crippen molar-refractivity contribution in [2.45, 2.75) is 59.3 Å². The minimum Gasteiger partial charge on any atom is -0.394 e. The van der Waals surface area contributed by atoms with Gasteiger partial charge in [0.25, 0.3) is 17.7 Å². The Labute approximate surface area is 344 Å². The first kappa shape index (κ1) is 41.2. The molecule has 0 saturated carbocycles. The molecule has 8 rings (SSSR count). The smallest absolute Gasteiger partial charge is 0.261 e. The zero-order chi connectivity index (χ0) is 42.3. The molecule has 0 saturated heterocycles. The molecule has 0 fully saturated rings. The standard InChI is InChI=1S/C47H42N2O5.C3H8O2/c1-26(2)27(3)54-47(5,6)28(4)49-45(52)38-23-20-35-33-18-15-31(25-50)40-37(22-19-34(41(33)40)36-21-24-39(46(49)53)43(38)42(35)36)44(51)48(7)32-16-13-30(14-17-32)29-11-9-8-10-12-29;1-5-3-2-4/h8-28H,1-7H3;4H,2-3H2,1H3. The van der Waals surface area contributed by atoms with Crippen LogP contribution in [-0.2, 0) is 9.47 Å². The first-order chi connectivity index (χ1) is 28.2. The third kappa shape index (κ3) is 7.13. The average Bonchev–Trinajstić information content (AvgIpc) is 3.24. The number of carbonyl (C=O) groups excluding carboxylic acids is 4. The molecule has 9 heteroatoms. The molecule has 1 N–H and O–H groups in total. The minimum atomic E-state index is -0.795. The molecule has 7 aromatic rings. The van der Waals surface area contributed by atoms with Crippen molar-refractivity contribution in [2.24, 2.45) is 5.92 Å². The van der Waals surface area contributed by atoms with E-state index in [1.807, 2.05) is 107 Å². The number of hydrogen-bond acceptors (Lipinski definition) is 7. The van der Waals surface area contributed by atoms with Crippen LogP contribution in [0.5, 0.6) is 0 Å². The highest BCUT2D eigenvalue weighted by atomic mass is 16.5. The molecule has 7 aromatic carbocycles. The maximum Gasteiger partial charge on any atom is 0.261 e. The molecular weight excluding hydrogens is 741 g/mol. The predicted octanol–water partition coefficient (Wildman–Crippen LogP) is 9.94. The number of aliphatic hydroxyl groups excluding tert-OH is 1. The second-order valence-corrected chi connectivity index (χ2v) is 16.1. The number of amides is 3. The van der Waals surface area contributed by atoms with Crippen molar-refractivity contribution < 1.29 is 33.8 Å². The second kappa shape index (κ2) is 16.3. The fourth-order valence-electron chi connectivity index (χ4n) is 8.17. The van der Waals surface area contributed by atoms with Crippen LogP contribution in [0.15, 0.2) is 103 Å². The van der Waals surface area contributed by atoms with Gasteiger partial charge in [-0.25, -0.2) is 0 Å². The molecule has 0 radical (unpaired) electrons. The Hall–Kier alpha value is -6.00. The molecular formula is C50H50N2O7. The fraction of sp³-hybridized carbons (Fsp3) is 0.280. The summed E-state index contributed by atoms with van der Waals surface area (Å²) in [7, 11) is 3.29. The number of aliphatic hydroxyl groups is 1. The van der Waals surface area contributed by atoms with Gasteiger partial charge in [0.05, 0.1) is 31.0 Å². The topological polar surface area (TPSA) is 113 Å². The molecule has 9 nitrogen and oxygen atoms in total. The molecule has 1 aliphatic heterocycles. The van der Waals surface area contributed by atoms with Crippen LogP contribution in [0.4, 0.5) is 5.69 Å². The van der Waals surface area contributed by atoms with E-state index in [-0.39, 0.29) is 36.4 Å². The van der Waals surface area contributed by atoms with Crippen molar-refractivity contribution in [3.05, 3.63) is 125 Å². The van der Waals surface area contributed by atoms with Gasteiger partial charge in [-0.2, -0.15) is 0 Å². The highest BCUT2D eigenvalue weighted by Gasteiger charge is 2.43. The van der Waals surface area contributed by atoms with Gasteiger partial charge in [-0.05, 0) is 107 Å². The van der Waals surface area contributed by atoms with Crippen molar-refractivity contribution in [1.29, 1.82) is 0 Å². The van der Waals surface area contributed by atoms with Crippen LogP contribution < -0.4 is 4.90 Å². The van der Waals surface area contributed by atoms with Gasteiger partial charge in [0, 0.05) is 52.9 Å². The average molecular weight is 791 g/mol. The Bertz CT molecular complexity index is 2650. The first-order valence-electron chi connectivity index (χ1n) is 20.0. The lowest BCUT2D eigenvalue weighted by molar-refractivity contribution is -0.110. The third-order valence-corrected chi connectivity index (χ3v) is 12.0. The monoisotopic (exact) mass is 790 g/mol. The van der Waals surface area contributed by atoms with Crippen molar-refractivity contribution in [3.8, 4) is 11.1 Å². The molecule has 59 heavy (non-hydrogen) atoms. The lowest BCUT2D eigenvalue weighted by atomic mass is 9.82. The molecule has 3 amide bonds. The van der Waals surface area contributed by atoms with Gasteiger partial charge in [-0.15, -0.1) is 0 Å². The van der Waals surface area contributed by atoms with E-state index in [4.69, 9.17) is 9.84 Å². The van der Waals surface area contributed by atoms with Gasteiger partial charge in [0.2, 0.25) is 0 Å². The SMILES string of the molecule is CC(C)C(C)OC(C)(C)C(C)N1C(=O)c2ccc3c4ccc(C=O)c5c(C(=O)N(C)c6ccc(-c7ccccc7)cc6)ccc(c6ccc(c2c36)C1=O)c54.COCCO. The quantitative estimate of drug-likeness (QED) is 0.0601. The molecule has 0 aromatic heterocycles. The fourth-order valence-corrected chi connectivity index (χ4v) is 8.17. The lowest BCUT2D eigenvalue weighted by Crippen LogP contribution is -2.56. The number of ether oxygens (including phenoxy) is 2. The highest BCUT2D eigenvalue weighted by Crippen LogP contribution is 2.46. The van der Waals surface area contributed by atoms with Crippen LogP contribution in [-0.4, -0.2) is 79.1 Å². The number of nitrogens with zero attached hydrogens (tertiary/aromatic N) is 2. The second-order valence-electron chi connectivity index (χ2n) is 16.1. The zero-order valence-electron chi connectivity index (χ0n) is 34.8. The lowest BCUT2D eigenvalue weighted by Gasteiger charge is -2.42. The Kier molecular flexibility index (Phi) is 11.4. The van der Waals surface area contributed by atoms with Crippen LogP contribution in [0.3, 0.4) is 0 Å². The van der Waals surface area contributed by atoms with Gasteiger partial charge >= 0.3 is 0 Å². The van der Waals surface area contributed by atoms with Crippen LogP contribution in [0.2, 0.25) is 0 Å². The van der Waals surface area contributed by atoms with Crippen molar-refractivity contribution >= 4 is 72.8 Å². The number of fused-ring (bicyclic) bond motifs is 2. The number of imide groups is 1. The number of hydrogen-bond donors (Lipinski definition) is 1. The summed E-state index contributed by atoms with van der Waals surface area (Å²) >= 11 is 0. The number of methoxy groups -OCH3 is 1. The number of carbonyl (C=O) groups is 4. The summed E-state index contributed by atoms with van der Waals surface area (Å²) in [6, 6.07) is 32.2. The summed E-state index contributed by atoms with van der Waals surface area (Å²) in [6.45, 7) is 12.5. The Morgan fingerprint density at radius 2 is 1.25 bits per heavy atom. The van der Waals surface area contributed by atoms with E-state index in [1.54, 1.807) is 43.3 Å². The zero-order valence-corrected chi connectivity index (χ0v) is 34.8. The summed E-state index contributed by atoms with van der Waals surface area (Å²) in [4.78, 5) is 58.6. The third-order valence-electron chi connectivity index (χ3n) is 12.0. The van der Waals surface area contributed by atoms with Crippen LogP contribution in [0.1, 0.15) is 83.0 Å². The van der Waals surface area contributed by atoms with Gasteiger partial charge in [-0.1, -0.05) is 86.6 Å². The molecule has 0 aliphatic carbocycles. The van der Waals surface area contributed by atoms with E-state index in [2.05, 4.69) is 18.6 Å². The summed E-state index contributed by atoms with van der Waals surface area (Å²) < 4.78 is 10.9. The van der Waals surface area contributed by atoms with E-state index < -0.39 is 11.6 Å². The largest absolute Gasteiger partial charge is 0.394 e. The minimum absolute atomic E-state index is 0.0682. The predicted molar refractivity (Wildman–Crippen MR) is 236 cm³/mol. The summed E-state index contributed by atoms with van der Waals surface area (Å²) in [6.07, 6.45) is 0.728. The molecule has 0 spiro atoms. The van der Waals surface area contributed by atoms with E-state index >= 15 is 0 Å². The normalized spacial score (nSPS) is 14.0. The number of anilines is 1. The van der Waals surface area contributed by atoms with E-state index in [9.17, 15) is 19.2 Å². The highest BCUT2D eigenvalue weighted by molar-refractivity contribution is 6.40. The van der Waals surface area contributed by atoms with Gasteiger partial charge < -0.3 is 19.5 Å². The molecule has 2 atom stereocenters. The van der Waals surface area contributed by atoms with Crippen molar-refractivity contribution in [2.75, 3.05) is 32.3 Å². The van der Waals surface area contributed by atoms with Gasteiger partial charge in [0.15, 0.2) is 6.29 Å². The summed E-state index contributed by atoms with van der Waals surface area (Å²) in [5.74, 6) is -0.690. The van der Waals surface area contributed by atoms with Crippen molar-refractivity contribution in [1.82, 2.24) is 4.90 Å². The van der Waals surface area contributed by atoms with Gasteiger partial charge in [0.1, 0.15) is 0 Å². The number of aldehydes is 1. The first-order valence-corrected chi connectivity index (χ1v) is 20.0. The maximum absolute atomic E-state index is 14.3. The summed E-state index contributed by atoms with van der Waals surface area (Å²) in [5.41, 5.74) is 3.80. The van der Waals surface area contributed by atoms with Crippen molar-refractivity contribution in [3.63, 3.8) is 0 Å². The maximum atomic E-state index is 14.3. The van der Waals surface area contributed by atoms with E-state index in [1.165, 1.54) is 4.90 Å². The molecule has 1 aliphatic rings. The molecule has 0 bridgehead atoms. The van der Waals surface area contributed by atoms with Crippen LogP contribution >= 0.6 is 0 Å². The Morgan fingerprint density at radius 1 is 0.729 bits per heavy atom. The Balaban J connectivity index is 0.000000997. The number of benzene rings is 7. The van der Waals surface area contributed by atoms with Crippen LogP contribution in [0.25, 0.3) is 54.2 Å². The summed E-state index contributed by atoms with van der Waals surface area (Å²) in [5, 5.41) is 14.1. The van der Waals surface area contributed by atoms with E-state index in [0.29, 0.717) is 39.6 Å².